The summed E-state index contributed by atoms with van der Waals surface area (Å²) in [5.41, 5.74) is 7.31. The minimum absolute atomic E-state index is 0.0852. The quantitative estimate of drug-likeness (QED) is 0.475. The van der Waals surface area contributed by atoms with Gasteiger partial charge in [-0.05, 0) is 24.3 Å². The van der Waals surface area contributed by atoms with Gasteiger partial charge in [-0.2, -0.15) is 5.10 Å². The maximum absolute atomic E-state index is 11.5. The summed E-state index contributed by atoms with van der Waals surface area (Å²) in [4.78, 5) is 21.8. The summed E-state index contributed by atoms with van der Waals surface area (Å²) in [5.74, 6) is -0.119. The van der Waals surface area contributed by atoms with Gasteiger partial charge in [0.2, 0.25) is 0 Å². The lowest BCUT2D eigenvalue weighted by Crippen LogP contribution is -2.24. The van der Waals surface area contributed by atoms with Crippen molar-refractivity contribution in [2.24, 2.45) is 10.8 Å². The molecule has 0 fully saturated rings. The fourth-order valence-corrected chi connectivity index (χ4v) is 1.12. The zero-order valence-corrected chi connectivity index (χ0v) is 9.07. The molecule has 1 rings (SSSR count). The first-order valence-corrected chi connectivity index (χ1v) is 4.83. The summed E-state index contributed by atoms with van der Waals surface area (Å²) in [6, 6.07) is 5.75. The molecule has 84 valence electrons. The molecule has 0 radical (unpaired) electrons. The molecule has 1 aromatic carbocycles. The lowest BCUT2D eigenvalue weighted by Gasteiger charge is -1.97. The second-order valence-electron chi connectivity index (χ2n) is 2.92. The van der Waals surface area contributed by atoms with Gasteiger partial charge in [0.05, 0.1) is 0 Å². The third kappa shape index (κ3) is 4.10. The molecule has 0 saturated carbocycles. The van der Waals surface area contributed by atoms with Gasteiger partial charge < -0.3 is 5.73 Å². The first kappa shape index (κ1) is 12.2. The van der Waals surface area contributed by atoms with Crippen LogP contribution >= 0.6 is 11.6 Å². The Hall–Kier alpha value is -1.88. The van der Waals surface area contributed by atoms with Crippen molar-refractivity contribution in [3.63, 3.8) is 0 Å². The molecule has 0 aliphatic rings. The standard InChI is InChI=1S/C10H10ClN3O2/c11-8-3-1-7(2-4-8)9(15)5-6-13-14-10(12)16/h1-4,6H,5H2,(H3,12,14,16)/b13-6-. The molecule has 0 aromatic heterocycles. The van der Waals surface area contributed by atoms with Crippen LogP contribution in [-0.4, -0.2) is 18.0 Å². The Kier molecular flexibility index (Phi) is 4.47. The molecule has 5 nitrogen and oxygen atoms in total. The van der Waals surface area contributed by atoms with Crippen LogP contribution in [-0.2, 0) is 0 Å². The van der Waals surface area contributed by atoms with Gasteiger partial charge in [0.25, 0.3) is 0 Å². The molecule has 0 heterocycles. The number of urea groups is 1. The van der Waals surface area contributed by atoms with Gasteiger partial charge in [0, 0.05) is 23.2 Å². The van der Waals surface area contributed by atoms with Gasteiger partial charge in [-0.1, -0.05) is 11.6 Å². The molecular weight excluding hydrogens is 230 g/mol. The molecule has 3 N–H and O–H groups in total. The van der Waals surface area contributed by atoms with Crippen molar-refractivity contribution in [3.05, 3.63) is 34.9 Å². The van der Waals surface area contributed by atoms with Crippen LogP contribution in [0.2, 0.25) is 5.02 Å². The summed E-state index contributed by atoms with van der Waals surface area (Å²) >= 11 is 5.68. The van der Waals surface area contributed by atoms with E-state index < -0.39 is 6.03 Å². The van der Waals surface area contributed by atoms with Crippen molar-refractivity contribution in [2.45, 2.75) is 6.42 Å². The molecule has 0 atom stereocenters. The van der Waals surface area contributed by atoms with Gasteiger partial charge in [-0.15, -0.1) is 0 Å². The number of ketones is 1. The van der Waals surface area contributed by atoms with Crippen molar-refractivity contribution in [1.82, 2.24) is 5.43 Å². The number of hydrogen-bond acceptors (Lipinski definition) is 3. The highest BCUT2D eigenvalue weighted by Gasteiger charge is 2.03. The molecule has 0 saturated heterocycles. The van der Waals surface area contributed by atoms with E-state index in [0.29, 0.717) is 10.6 Å². The Morgan fingerprint density at radius 2 is 2.00 bits per heavy atom. The number of benzene rings is 1. The van der Waals surface area contributed by atoms with E-state index in [9.17, 15) is 9.59 Å². The number of carbonyl (C=O) groups excluding carboxylic acids is 2. The Morgan fingerprint density at radius 1 is 1.38 bits per heavy atom. The number of halogens is 1. The number of hydrogen-bond donors (Lipinski definition) is 2. The average Bonchev–Trinajstić information content (AvgIpc) is 2.25. The highest BCUT2D eigenvalue weighted by molar-refractivity contribution is 6.30. The molecule has 0 aliphatic heterocycles. The normalized spacial score (nSPS) is 10.3. The third-order valence-corrected chi connectivity index (χ3v) is 1.96. The monoisotopic (exact) mass is 239 g/mol. The molecule has 0 unspecified atom stereocenters. The maximum Gasteiger partial charge on any atom is 0.332 e. The number of nitrogens with one attached hydrogen (secondary N) is 1. The van der Waals surface area contributed by atoms with Crippen molar-refractivity contribution in [3.8, 4) is 0 Å². The third-order valence-electron chi connectivity index (χ3n) is 1.71. The lowest BCUT2D eigenvalue weighted by atomic mass is 10.1. The molecule has 0 aliphatic carbocycles. The van der Waals surface area contributed by atoms with E-state index in [1.165, 1.54) is 6.21 Å². The molecular formula is C10H10ClN3O2. The van der Waals surface area contributed by atoms with Gasteiger partial charge in [0.1, 0.15) is 0 Å². The summed E-state index contributed by atoms with van der Waals surface area (Å²) in [6.07, 6.45) is 1.36. The van der Waals surface area contributed by atoms with Crippen molar-refractivity contribution >= 4 is 29.6 Å². The second-order valence-corrected chi connectivity index (χ2v) is 3.36. The van der Waals surface area contributed by atoms with Gasteiger partial charge >= 0.3 is 6.03 Å². The largest absolute Gasteiger partial charge is 0.350 e. The van der Waals surface area contributed by atoms with E-state index in [1.54, 1.807) is 24.3 Å². The predicted molar refractivity (Wildman–Crippen MR) is 61.6 cm³/mol. The van der Waals surface area contributed by atoms with Gasteiger partial charge in [-0.25, -0.2) is 10.2 Å². The number of amides is 2. The van der Waals surface area contributed by atoms with Crippen LogP contribution in [0.25, 0.3) is 0 Å². The van der Waals surface area contributed by atoms with Crippen LogP contribution in [0.15, 0.2) is 29.4 Å². The van der Waals surface area contributed by atoms with E-state index in [2.05, 4.69) is 5.10 Å². The van der Waals surface area contributed by atoms with Crippen LogP contribution in [0.3, 0.4) is 0 Å². The Balaban J connectivity index is 2.50. The van der Waals surface area contributed by atoms with Crippen molar-refractivity contribution in [1.29, 1.82) is 0 Å². The summed E-state index contributed by atoms with van der Waals surface area (Å²) in [5, 5.41) is 4.03. The molecule has 16 heavy (non-hydrogen) atoms. The summed E-state index contributed by atoms with van der Waals surface area (Å²) < 4.78 is 0. The number of nitrogens with two attached hydrogens (primary N) is 1. The minimum Gasteiger partial charge on any atom is -0.350 e. The van der Waals surface area contributed by atoms with Crippen LogP contribution in [0, 0.1) is 0 Å². The van der Waals surface area contributed by atoms with E-state index in [4.69, 9.17) is 17.3 Å². The predicted octanol–water partition coefficient (Wildman–Crippen LogP) is 1.57. The fourth-order valence-electron chi connectivity index (χ4n) is 0.991. The van der Waals surface area contributed by atoms with E-state index in [-0.39, 0.29) is 12.2 Å². The second kappa shape index (κ2) is 5.87. The highest BCUT2D eigenvalue weighted by atomic mass is 35.5. The van der Waals surface area contributed by atoms with Gasteiger partial charge in [-0.3, -0.25) is 4.79 Å². The number of carbonyl (C=O) groups is 2. The Morgan fingerprint density at radius 3 is 2.56 bits per heavy atom. The molecule has 0 spiro atoms. The molecule has 0 bridgehead atoms. The lowest BCUT2D eigenvalue weighted by molar-refractivity contribution is 0.100. The SMILES string of the molecule is NC(=O)N/N=C\CC(=O)c1ccc(Cl)cc1. The van der Waals surface area contributed by atoms with Crippen molar-refractivity contribution < 1.29 is 9.59 Å². The zero-order valence-electron chi connectivity index (χ0n) is 8.31. The number of nitrogens with zero attached hydrogens (tertiary/aromatic N) is 1. The molecule has 1 aromatic rings. The van der Waals surface area contributed by atoms with E-state index in [1.807, 2.05) is 5.43 Å². The highest BCUT2D eigenvalue weighted by Crippen LogP contribution is 2.10. The Bertz CT molecular complexity index is 415. The topological polar surface area (TPSA) is 84.6 Å². The molecule has 6 heteroatoms. The van der Waals surface area contributed by atoms with Crippen LogP contribution < -0.4 is 11.2 Å². The van der Waals surface area contributed by atoms with E-state index >= 15 is 0 Å². The Labute approximate surface area is 97.3 Å². The first-order chi connectivity index (χ1) is 7.59. The van der Waals surface area contributed by atoms with Gasteiger partial charge in [0.15, 0.2) is 5.78 Å². The number of Topliss-reactive ketones (excluding diaryl/α,β-unsaturated/α-hetero) is 1. The van der Waals surface area contributed by atoms with Crippen molar-refractivity contribution in [2.75, 3.05) is 0 Å². The van der Waals surface area contributed by atoms with Crippen LogP contribution in [0.5, 0.6) is 0 Å². The average molecular weight is 240 g/mol. The van der Waals surface area contributed by atoms with Crippen LogP contribution in [0.1, 0.15) is 16.8 Å². The number of rotatable bonds is 4. The minimum atomic E-state index is -0.768. The fraction of sp³-hybridized carbons (Fsp3) is 0.100. The summed E-state index contributed by atoms with van der Waals surface area (Å²) in [7, 11) is 0. The van der Waals surface area contributed by atoms with E-state index in [0.717, 1.165) is 0 Å². The molecule has 2 amide bonds. The number of primary amides is 1. The first-order valence-electron chi connectivity index (χ1n) is 4.45. The smallest absolute Gasteiger partial charge is 0.332 e. The zero-order chi connectivity index (χ0) is 12.0. The number of hydrazone groups is 1. The maximum atomic E-state index is 11.5. The van der Waals surface area contributed by atoms with Crippen LogP contribution in [0.4, 0.5) is 4.79 Å². The summed E-state index contributed by atoms with van der Waals surface area (Å²) in [6.45, 7) is 0.